The van der Waals surface area contributed by atoms with Gasteiger partial charge >= 0.3 is 5.97 Å². The molecule has 8 nitrogen and oxygen atoms in total. The van der Waals surface area contributed by atoms with Gasteiger partial charge in [0.1, 0.15) is 6.54 Å². The van der Waals surface area contributed by atoms with E-state index in [-0.39, 0.29) is 18.7 Å². The van der Waals surface area contributed by atoms with Crippen molar-refractivity contribution < 1.29 is 28.5 Å². The van der Waals surface area contributed by atoms with Crippen LogP contribution in [0.25, 0.3) is 21.0 Å². The fraction of sp³-hybridized carbons (Fsp3) is 0.240. The zero-order valence-electron chi connectivity index (χ0n) is 19.3. The van der Waals surface area contributed by atoms with Crippen LogP contribution >= 0.6 is 11.3 Å². The first kappa shape index (κ1) is 23.3. The first-order valence-corrected chi connectivity index (χ1v) is 11.4. The second-order valence-electron chi connectivity index (χ2n) is 7.24. The lowest BCUT2D eigenvalue weighted by Crippen LogP contribution is -2.23. The lowest BCUT2D eigenvalue weighted by molar-refractivity contribution is -0.143. The highest BCUT2D eigenvalue weighted by Gasteiger charge is 2.18. The standard InChI is InChI=1S/C25H24N2O6S/c1-5-33-21(28)14-27-18-11-10-15-8-6-7-9-17(15)23(18)34-25(27)26-24(29)16-12-19(30-2)22(32-4)20(13-16)31-3/h6-13H,5,14H2,1-4H3. The van der Waals surface area contributed by atoms with Crippen molar-refractivity contribution in [2.75, 3.05) is 27.9 Å². The molecule has 0 radical (unpaired) electrons. The van der Waals surface area contributed by atoms with Gasteiger partial charge < -0.3 is 23.5 Å². The summed E-state index contributed by atoms with van der Waals surface area (Å²) in [7, 11) is 4.45. The van der Waals surface area contributed by atoms with Gasteiger partial charge in [0.2, 0.25) is 5.75 Å². The summed E-state index contributed by atoms with van der Waals surface area (Å²) in [4.78, 5) is 30.3. The molecule has 0 aliphatic rings. The van der Waals surface area contributed by atoms with Crippen molar-refractivity contribution in [2.45, 2.75) is 13.5 Å². The summed E-state index contributed by atoms with van der Waals surface area (Å²) in [5.41, 5.74) is 1.06. The second-order valence-corrected chi connectivity index (χ2v) is 8.22. The molecule has 0 atom stereocenters. The monoisotopic (exact) mass is 480 g/mol. The molecule has 0 fully saturated rings. The quantitative estimate of drug-likeness (QED) is 0.369. The molecule has 0 saturated carbocycles. The average Bonchev–Trinajstić information content (AvgIpc) is 3.20. The van der Waals surface area contributed by atoms with Crippen molar-refractivity contribution in [3.63, 3.8) is 0 Å². The Morgan fingerprint density at radius 3 is 2.32 bits per heavy atom. The number of ether oxygens (including phenoxy) is 4. The summed E-state index contributed by atoms with van der Waals surface area (Å²) in [6.45, 7) is 1.95. The fourth-order valence-electron chi connectivity index (χ4n) is 3.73. The predicted octanol–water partition coefficient (Wildman–Crippen LogP) is 4.19. The van der Waals surface area contributed by atoms with Crippen molar-refractivity contribution in [1.82, 2.24) is 4.57 Å². The predicted molar refractivity (Wildman–Crippen MR) is 130 cm³/mol. The van der Waals surface area contributed by atoms with Crippen LogP contribution in [0.4, 0.5) is 0 Å². The van der Waals surface area contributed by atoms with Crippen LogP contribution in [0.15, 0.2) is 53.5 Å². The van der Waals surface area contributed by atoms with E-state index in [0.717, 1.165) is 21.0 Å². The van der Waals surface area contributed by atoms with Crippen LogP contribution in [0.5, 0.6) is 17.2 Å². The third-order valence-corrected chi connectivity index (χ3v) is 6.40. The number of fused-ring (bicyclic) bond motifs is 3. The molecule has 0 N–H and O–H groups in total. The number of carbonyl (C=O) groups excluding carboxylic acids is 2. The van der Waals surface area contributed by atoms with E-state index < -0.39 is 11.9 Å². The SMILES string of the molecule is CCOC(=O)Cn1c(=NC(=O)c2cc(OC)c(OC)c(OC)c2)sc2c3ccccc3ccc21. The maximum Gasteiger partial charge on any atom is 0.326 e. The molecular formula is C25H24N2O6S. The molecule has 1 heterocycles. The van der Waals surface area contributed by atoms with E-state index in [4.69, 9.17) is 18.9 Å². The van der Waals surface area contributed by atoms with Gasteiger partial charge in [-0.1, -0.05) is 41.7 Å². The minimum atomic E-state index is -0.507. The van der Waals surface area contributed by atoms with Crippen LogP contribution in [-0.4, -0.2) is 44.4 Å². The normalized spacial score (nSPS) is 11.6. The van der Waals surface area contributed by atoms with Crippen molar-refractivity contribution in [1.29, 1.82) is 0 Å². The number of rotatable bonds is 7. The largest absolute Gasteiger partial charge is 0.493 e. The lowest BCUT2D eigenvalue weighted by Gasteiger charge is -2.12. The zero-order chi connectivity index (χ0) is 24.2. The van der Waals surface area contributed by atoms with Gasteiger partial charge in [0.05, 0.1) is 38.2 Å². The van der Waals surface area contributed by atoms with Crippen LogP contribution in [-0.2, 0) is 16.1 Å². The molecule has 0 spiro atoms. The first-order chi connectivity index (χ1) is 16.5. The molecule has 176 valence electrons. The minimum Gasteiger partial charge on any atom is -0.493 e. The maximum absolute atomic E-state index is 13.2. The number of amides is 1. The maximum atomic E-state index is 13.2. The molecular weight excluding hydrogens is 456 g/mol. The van der Waals surface area contributed by atoms with Crippen molar-refractivity contribution in [3.8, 4) is 17.2 Å². The number of carbonyl (C=O) groups is 2. The van der Waals surface area contributed by atoms with Crippen molar-refractivity contribution >= 4 is 44.2 Å². The number of esters is 1. The zero-order valence-corrected chi connectivity index (χ0v) is 20.1. The van der Waals surface area contributed by atoms with Crippen LogP contribution in [0.2, 0.25) is 0 Å². The van der Waals surface area contributed by atoms with Gasteiger partial charge in [0.15, 0.2) is 16.3 Å². The number of aromatic nitrogens is 1. The summed E-state index contributed by atoms with van der Waals surface area (Å²) in [5, 5.41) is 2.08. The lowest BCUT2D eigenvalue weighted by atomic mass is 10.1. The molecule has 34 heavy (non-hydrogen) atoms. The number of thiazole rings is 1. The Hall–Kier alpha value is -3.85. The van der Waals surface area contributed by atoms with Crippen LogP contribution in [0.3, 0.4) is 0 Å². The van der Waals surface area contributed by atoms with E-state index in [0.29, 0.717) is 22.0 Å². The molecule has 4 rings (SSSR count). The molecule has 0 aliphatic carbocycles. The first-order valence-electron chi connectivity index (χ1n) is 10.6. The Balaban J connectivity index is 1.90. The van der Waals surface area contributed by atoms with E-state index in [9.17, 15) is 9.59 Å². The van der Waals surface area contributed by atoms with E-state index in [1.807, 2.05) is 36.4 Å². The third kappa shape index (κ3) is 4.34. The van der Waals surface area contributed by atoms with E-state index in [1.54, 1.807) is 23.6 Å². The summed E-state index contributed by atoms with van der Waals surface area (Å²) in [6, 6.07) is 14.9. The number of hydrogen-bond donors (Lipinski definition) is 0. The molecule has 0 unspecified atom stereocenters. The number of hydrogen-bond acceptors (Lipinski definition) is 7. The Morgan fingerprint density at radius 2 is 1.68 bits per heavy atom. The highest BCUT2D eigenvalue weighted by atomic mass is 32.1. The summed E-state index contributed by atoms with van der Waals surface area (Å²) in [5.74, 6) is 0.168. The van der Waals surface area contributed by atoms with Crippen LogP contribution in [0, 0.1) is 0 Å². The second kappa shape index (κ2) is 9.96. The molecule has 0 aliphatic heterocycles. The third-order valence-electron chi connectivity index (χ3n) is 5.28. The van der Waals surface area contributed by atoms with Gasteiger partial charge in [-0.3, -0.25) is 9.59 Å². The Kier molecular flexibility index (Phi) is 6.83. The molecule has 0 bridgehead atoms. The topological polar surface area (TPSA) is 88.4 Å². The molecule has 1 amide bonds. The smallest absolute Gasteiger partial charge is 0.326 e. The highest BCUT2D eigenvalue weighted by Crippen LogP contribution is 2.38. The summed E-state index contributed by atoms with van der Waals surface area (Å²) < 4.78 is 23.8. The van der Waals surface area contributed by atoms with Gasteiger partial charge in [-0.2, -0.15) is 4.99 Å². The van der Waals surface area contributed by atoms with Crippen LogP contribution in [0.1, 0.15) is 17.3 Å². The van der Waals surface area contributed by atoms with Gasteiger partial charge in [-0.25, -0.2) is 0 Å². The van der Waals surface area contributed by atoms with Gasteiger partial charge in [0.25, 0.3) is 5.91 Å². The molecule has 3 aromatic carbocycles. The molecule has 0 saturated heterocycles. The van der Waals surface area contributed by atoms with Gasteiger partial charge in [-0.05, 0) is 30.5 Å². The number of methoxy groups -OCH3 is 3. The van der Waals surface area contributed by atoms with E-state index in [2.05, 4.69) is 4.99 Å². The number of nitrogens with zero attached hydrogens (tertiary/aromatic N) is 2. The Labute approximate surface area is 200 Å². The van der Waals surface area contributed by atoms with Gasteiger partial charge in [-0.15, -0.1) is 0 Å². The Morgan fingerprint density at radius 1 is 0.971 bits per heavy atom. The minimum absolute atomic E-state index is 0.0620. The Bertz CT molecular complexity index is 1430. The summed E-state index contributed by atoms with van der Waals surface area (Å²) >= 11 is 1.34. The molecule has 9 heteroatoms. The highest BCUT2D eigenvalue weighted by molar-refractivity contribution is 7.17. The number of benzene rings is 3. The van der Waals surface area contributed by atoms with E-state index >= 15 is 0 Å². The summed E-state index contributed by atoms with van der Waals surface area (Å²) in [6.07, 6.45) is 0. The average molecular weight is 481 g/mol. The molecule has 1 aromatic heterocycles. The van der Waals surface area contributed by atoms with Crippen LogP contribution < -0.4 is 19.0 Å². The van der Waals surface area contributed by atoms with E-state index in [1.165, 1.54) is 32.7 Å². The van der Waals surface area contributed by atoms with Crippen molar-refractivity contribution in [3.05, 3.63) is 58.9 Å². The fourth-order valence-corrected chi connectivity index (χ4v) is 4.89. The van der Waals surface area contributed by atoms with Gasteiger partial charge in [0, 0.05) is 10.9 Å². The molecule has 4 aromatic rings. The van der Waals surface area contributed by atoms with Crippen molar-refractivity contribution in [2.24, 2.45) is 4.99 Å².